The second-order valence-corrected chi connectivity index (χ2v) is 11.4. The molecule has 2 aromatic rings. The molecule has 7 nitrogen and oxygen atoms in total. The van der Waals surface area contributed by atoms with Crippen LogP contribution in [0.2, 0.25) is 10.0 Å². The molecule has 2 rings (SSSR count). The molecule has 1 atom stereocenters. The molecular weight excluding hydrogens is 451 g/mol. The number of sulfonamides is 1. The Kier molecular flexibility index (Phi) is 7.37. The van der Waals surface area contributed by atoms with Crippen LogP contribution in [0.1, 0.15) is 20.8 Å². The van der Waals surface area contributed by atoms with Crippen molar-refractivity contribution in [3.63, 3.8) is 0 Å². The van der Waals surface area contributed by atoms with E-state index < -0.39 is 22.0 Å². The Hall–Kier alpha value is -1.07. The molecule has 148 valence electrons. The number of aromatic nitrogens is 2. The molecule has 1 aromatic carbocycles. The van der Waals surface area contributed by atoms with Gasteiger partial charge >= 0.3 is 0 Å². The Balaban J connectivity index is 2.27. The van der Waals surface area contributed by atoms with Gasteiger partial charge in [-0.25, -0.2) is 8.42 Å². The van der Waals surface area contributed by atoms with Crippen LogP contribution < -0.4 is 9.62 Å². The number of halogens is 2. The maximum Gasteiger partial charge on any atom is 0.249 e. The number of carbonyl (C=O) groups excluding carboxylic acids is 1. The minimum Gasteiger partial charge on any atom is -0.299 e. The number of nitrogens with zero attached hydrogens (tertiary/aromatic N) is 3. The van der Waals surface area contributed by atoms with E-state index in [0.29, 0.717) is 19.7 Å². The van der Waals surface area contributed by atoms with E-state index in [4.69, 9.17) is 23.2 Å². The standard InChI is InChI=1S/C15H18Cl2N4O3S3/c1-8(2)25-15-20-19-14(26-15)18-13(22)9(3)21(27(4,23)24)12-7-10(16)5-6-11(12)17/h5-9H,1-4H3,(H,18,19,22). The summed E-state index contributed by atoms with van der Waals surface area (Å²) in [4.78, 5) is 12.6. The monoisotopic (exact) mass is 468 g/mol. The fraction of sp³-hybridized carbons (Fsp3) is 0.400. The molecule has 0 saturated heterocycles. The maximum absolute atomic E-state index is 12.6. The molecule has 27 heavy (non-hydrogen) atoms. The largest absolute Gasteiger partial charge is 0.299 e. The predicted molar refractivity (Wildman–Crippen MR) is 113 cm³/mol. The van der Waals surface area contributed by atoms with Crippen LogP contribution in [0.3, 0.4) is 0 Å². The number of hydrogen-bond acceptors (Lipinski definition) is 7. The quantitative estimate of drug-likeness (QED) is 0.484. The molecule has 0 fully saturated rings. The molecule has 0 radical (unpaired) electrons. The van der Waals surface area contributed by atoms with Crippen LogP contribution in [0.25, 0.3) is 0 Å². The Morgan fingerprint density at radius 3 is 2.52 bits per heavy atom. The van der Waals surface area contributed by atoms with Gasteiger partial charge in [-0.15, -0.1) is 10.2 Å². The van der Waals surface area contributed by atoms with E-state index in [-0.39, 0.29) is 10.7 Å². The molecule has 0 bridgehead atoms. The normalized spacial score (nSPS) is 12.9. The number of anilines is 2. The molecule has 1 N–H and O–H groups in total. The summed E-state index contributed by atoms with van der Waals surface area (Å²) in [5, 5.41) is 11.6. The fourth-order valence-corrected chi connectivity index (χ4v) is 5.74. The Morgan fingerprint density at radius 2 is 1.93 bits per heavy atom. The van der Waals surface area contributed by atoms with E-state index in [1.165, 1.54) is 48.2 Å². The first-order valence-corrected chi connectivity index (χ1v) is 12.0. The molecule has 0 saturated carbocycles. The first kappa shape index (κ1) is 22.2. The third kappa shape index (κ3) is 5.95. The predicted octanol–water partition coefficient (Wildman–Crippen LogP) is 4.14. The SMILES string of the molecule is CC(C)Sc1nnc(NC(=O)C(C)N(c2cc(Cl)ccc2Cl)S(C)(=O)=O)s1. The number of benzene rings is 1. The Morgan fingerprint density at radius 1 is 1.26 bits per heavy atom. The smallest absolute Gasteiger partial charge is 0.249 e. The number of hydrogen-bond donors (Lipinski definition) is 1. The zero-order valence-corrected chi connectivity index (χ0v) is 18.9. The van der Waals surface area contributed by atoms with E-state index in [1.54, 1.807) is 0 Å². The van der Waals surface area contributed by atoms with Crippen LogP contribution in [0.5, 0.6) is 0 Å². The third-order valence-corrected chi connectivity index (χ3v) is 6.92. The number of rotatable bonds is 7. The maximum atomic E-state index is 12.6. The van der Waals surface area contributed by atoms with Gasteiger partial charge in [-0.05, 0) is 25.1 Å². The van der Waals surface area contributed by atoms with E-state index in [2.05, 4.69) is 15.5 Å². The van der Waals surface area contributed by atoms with Crippen molar-refractivity contribution >= 4 is 73.0 Å². The van der Waals surface area contributed by atoms with Gasteiger partial charge in [0.2, 0.25) is 21.1 Å². The minimum atomic E-state index is -3.81. The Bertz CT molecular complexity index is 934. The molecule has 0 aliphatic carbocycles. The molecular formula is C15H18Cl2N4O3S3. The first-order valence-electron chi connectivity index (χ1n) is 7.74. The highest BCUT2D eigenvalue weighted by atomic mass is 35.5. The number of carbonyl (C=O) groups is 1. The minimum absolute atomic E-state index is 0.127. The number of amides is 1. The highest BCUT2D eigenvalue weighted by molar-refractivity contribution is 8.01. The van der Waals surface area contributed by atoms with Crippen molar-refractivity contribution in [1.82, 2.24) is 10.2 Å². The summed E-state index contributed by atoms with van der Waals surface area (Å²) in [5.41, 5.74) is 0.127. The van der Waals surface area contributed by atoms with Gasteiger partial charge in [-0.3, -0.25) is 14.4 Å². The van der Waals surface area contributed by atoms with Crippen molar-refractivity contribution in [1.29, 1.82) is 0 Å². The van der Waals surface area contributed by atoms with Crippen LogP contribution >= 0.6 is 46.3 Å². The van der Waals surface area contributed by atoms with Gasteiger partial charge in [0.05, 0.1) is 17.0 Å². The zero-order valence-electron chi connectivity index (χ0n) is 14.9. The van der Waals surface area contributed by atoms with Gasteiger partial charge in [-0.2, -0.15) is 0 Å². The fourth-order valence-electron chi connectivity index (χ4n) is 2.16. The number of nitrogens with one attached hydrogen (secondary N) is 1. The van der Waals surface area contributed by atoms with Crippen molar-refractivity contribution in [3.8, 4) is 0 Å². The van der Waals surface area contributed by atoms with Crippen molar-refractivity contribution in [3.05, 3.63) is 28.2 Å². The van der Waals surface area contributed by atoms with Crippen molar-refractivity contribution in [2.24, 2.45) is 0 Å². The lowest BCUT2D eigenvalue weighted by atomic mass is 10.2. The zero-order chi connectivity index (χ0) is 20.4. The van der Waals surface area contributed by atoms with E-state index in [1.807, 2.05) is 13.8 Å². The molecule has 1 heterocycles. The average Bonchev–Trinajstić information content (AvgIpc) is 2.95. The molecule has 1 amide bonds. The van der Waals surface area contributed by atoms with Gasteiger partial charge in [0.25, 0.3) is 0 Å². The summed E-state index contributed by atoms with van der Waals surface area (Å²) in [5.74, 6) is -0.561. The van der Waals surface area contributed by atoms with Crippen LogP contribution in [0, 0.1) is 0 Å². The van der Waals surface area contributed by atoms with Gasteiger partial charge in [0.15, 0.2) is 4.34 Å². The van der Waals surface area contributed by atoms with Gasteiger partial charge in [-0.1, -0.05) is 60.1 Å². The molecule has 1 unspecified atom stereocenters. The summed E-state index contributed by atoms with van der Waals surface area (Å²) in [7, 11) is -3.81. The summed E-state index contributed by atoms with van der Waals surface area (Å²) in [6.45, 7) is 5.49. The van der Waals surface area contributed by atoms with Gasteiger partial charge < -0.3 is 0 Å². The van der Waals surface area contributed by atoms with E-state index in [0.717, 1.165) is 10.6 Å². The third-order valence-electron chi connectivity index (χ3n) is 3.21. The van der Waals surface area contributed by atoms with Crippen molar-refractivity contribution in [2.45, 2.75) is 36.4 Å². The Labute approximate surface area is 176 Å². The van der Waals surface area contributed by atoms with Crippen LogP contribution in [-0.4, -0.2) is 42.1 Å². The van der Waals surface area contributed by atoms with E-state index in [9.17, 15) is 13.2 Å². The molecule has 12 heteroatoms. The topological polar surface area (TPSA) is 92.3 Å². The summed E-state index contributed by atoms with van der Waals surface area (Å²) >= 11 is 14.8. The van der Waals surface area contributed by atoms with Gasteiger partial charge in [0.1, 0.15) is 6.04 Å². The van der Waals surface area contributed by atoms with Crippen molar-refractivity contribution in [2.75, 3.05) is 15.9 Å². The molecule has 1 aromatic heterocycles. The second-order valence-electron chi connectivity index (χ2n) is 5.86. The van der Waals surface area contributed by atoms with Gasteiger partial charge in [0, 0.05) is 10.3 Å². The highest BCUT2D eigenvalue weighted by Crippen LogP contribution is 2.33. The lowest BCUT2D eigenvalue weighted by Crippen LogP contribution is -2.45. The summed E-state index contributed by atoms with van der Waals surface area (Å²) in [6.07, 6.45) is 0.996. The number of thioether (sulfide) groups is 1. The first-order chi connectivity index (χ1) is 12.5. The van der Waals surface area contributed by atoms with Crippen LogP contribution in [-0.2, 0) is 14.8 Å². The lowest BCUT2D eigenvalue weighted by molar-refractivity contribution is -0.116. The molecule has 0 spiro atoms. The summed E-state index contributed by atoms with van der Waals surface area (Å²) in [6, 6.07) is 3.33. The molecule has 0 aliphatic heterocycles. The lowest BCUT2D eigenvalue weighted by Gasteiger charge is -2.28. The second kappa shape index (κ2) is 8.95. The van der Waals surface area contributed by atoms with Crippen molar-refractivity contribution < 1.29 is 13.2 Å². The van der Waals surface area contributed by atoms with E-state index >= 15 is 0 Å². The highest BCUT2D eigenvalue weighted by Gasteiger charge is 2.31. The molecule has 0 aliphatic rings. The summed E-state index contributed by atoms with van der Waals surface area (Å²) < 4.78 is 26.3. The van der Waals surface area contributed by atoms with Crippen LogP contribution in [0.15, 0.2) is 22.5 Å². The van der Waals surface area contributed by atoms with Crippen LogP contribution in [0.4, 0.5) is 10.8 Å². The average molecular weight is 469 g/mol.